The second-order valence-corrected chi connectivity index (χ2v) is 6.87. The summed E-state index contributed by atoms with van der Waals surface area (Å²) in [6, 6.07) is 10.9. The van der Waals surface area contributed by atoms with Gasteiger partial charge in [-0.3, -0.25) is 9.69 Å². The molecule has 2 atom stereocenters. The van der Waals surface area contributed by atoms with Crippen molar-refractivity contribution in [2.75, 3.05) is 46.6 Å². The maximum Gasteiger partial charge on any atom is 0.248 e. The quantitative estimate of drug-likeness (QED) is 0.714. The van der Waals surface area contributed by atoms with Crippen molar-refractivity contribution in [1.29, 1.82) is 0 Å². The Kier molecular flexibility index (Phi) is 6.24. The number of methoxy groups -OCH3 is 1. The van der Waals surface area contributed by atoms with Gasteiger partial charge in [-0.1, -0.05) is 30.3 Å². The van der Waals surface area contributed by atoms with E-state index in [0.717, 1.165) is 32.6 Å². The van der Waals surface area contributed by atoms with E-state index in [0.29, 0.717) is 25.2 Å². The van der Waals surface area contributed by atoms with Crippen LogP contribution in [0.3, 0.4) is 0 Å². The van der Waals surface area contributed by atoms with Crippen LogP contribution in [-0.2, 0) is 20.8 Å². The fourth-order valence-corrected chi connectivity index (χ4v) is 3.84. The Labute approximate surface area is 144 Å². The van der Waals surface area contributed by atoms with Gasteiger partial charge in [0.1, 0.15) is 6.61 Å². The summed E-state index contributed by atoms with van der Waals surface area (Å²) in [5.74, 6) is 0.706. The molecule has 5 heteroatoms. The minimum Gasteiger partial charge on any atom is -0.382 e. The minimum absolute atomic E-state index is 0.127. The zero-order valence-corrected chi connectivity index (χ0v) is 14.5. The van der Waals surface area contributed by atoms with Crippen LogP contribution in [0, 0.1) is 5.92 Å². The average molecular weight is 332 g/mol. The lowest BCUT2D eigenvalue weighted by Crippen LogP contribution is -2.48. The number of carbonyl (C=O) groups is 1. The molecule has 5 nitrogen and oxygen atoms in total. The van der Waals surface area contributed by atoms with Crippen LogP contribution in [0.4, 0.5) is 0 Å². The Hall–Kier alpha value is -1.43. The van der Waals surface area contributed by atoms with Crippen LogP contribution in [-0.4, -0.2) is 68.3 Å². The van der Waals surface area contributed by atoms with Crippen molar-refractivity contribution in [1.82, 2.24) is 9.80 Å². The van der Waals surface area contributed by atoms with Gasteiger partial charge >= 0.3 is 0 Å². The molecule has 24 heavy (non-hydrogen) atoms. The number of rotatable bonds is 7. The lowest BCUT2D eigenvalue weighted by molar-refractivity contribution is -0.140. The summed E-state index contributed by atoms with van der Waals surface area (Å²) in [6.45, 7) is 5.08. The van der Waals surface area contributed by atoms with Crippen LogP contribution in [0.1, 0.15) is 18.4 Å². The molecule has 1 amide bonds. The third kappa shape index (κ3) is 4.56. The van der Waals surface area contributed by atoms with Gasteiger partial charge in [-0.15, -0.1) is 0 Å². The van der Waals surface area contributed by atoms with E-state index in [2.05, 4.69) is 40.1 Å². The molecule has 132 valence electrons. The monoisotopic (exact) mass is 332 g/mol. The molecule has 3 aliphatic heterocycles. The minimum atomic E-state index is 0.127. The predicted octanol–water partition coefficient (Wildman–Crippen LogP) is 1.77. The highest BCUT2D eigenvalue weighted by Crippen LogP contribution is 2.28. The molecule has 0 N–H and O–H groups in total. The van der Waals surface area contributed by atoms with Crippen LogP contribution >= 0.6 is 0 Å². The summed E-state index contributed by atoms with van der Waals surface area (Å²) in [7, 11) is 1.64. The molecule has 1 aromatic rings. The number of ether oxygens (including phenoxy) is 2. The molecule has 3 heterocycles. The summed E-state index contributed by atoms with van der Waals surface area (Å²) >= 11 is 0. The van der Waals surface area contributed by atoms with Gasteiger partial charge in [0.25, 0.3) is 0 Å². The van der Waals surface area contributed by atoms with Crippen LogP contribution in [0.25, 0.3) is 0 Å². The van der Waals surface area contributed by atoms with Gasteiger partial charge in [0.2, 0.25) is 5.91 Å². The van der Waals surface area contributed by atoms with Crippen LogP contribution in [0.15, 0.2) is 30.3 Å². The molecule has 2 bridgehead atoms. The Balaban J connectivity index is 1.56. The van der Waals surface area contributed by atoms with E-state index in [4.69, 9.17) is 9.47 Å². The molecule has 0 spiro atoms. The second-order valence-electron chi connectivity index (χ2n) is 6.87. The highest BCUT2D eigenvalue weighted by molar-refractivity contribution is 5.78. The number of benzene rings is 1. The topological polar surface area (TPSA) is 42.0 Å². The van der Waals surface area contributed by atoms with Gasteiger partial charge in [0.15, 0.2) is 0 Å². The lowest BCUT2D eigenvalue weighted by atomic mass is 9.95. The predicted molar refractivity (Wildman–Crippen MR) is 92.6 cm³/mol. The van der Waals surface area contributed by atoms with Gasteiger partial charge in [-0.25, -0.2) is 0 Å². The van der Waals surface area contributed by atoms with E-state index < -0.39 is 0 Å². The van der Waals surface area contributed by atoms with Gasteiger partial charge < -0.3 is 14.4 Å². The molecule has 1 aromatic carbocycles. The SMILES string of the molecule is COCCOCC(=O)N1C[C@@H]2CC[C@H]1CN(Cc1ccccc1)C2. The average Bonchev–Trinajstić information content (AvgIpc) is 2.90. The van der Waals surface area contributed by atoms with E-state index in [1.165, 1.54) is 12.0 Å². The van der Waals surface area contributed by atoms with Crippen molar-refractivity contribution < 1.29 is 14.3 Å². The smallest absolute Gasteiger partial charge is 0.248 e. The second kappa shape index (κ2) is 8.60. The number of carbonyl (C=O) groups excluding carboxylic acids is 1. The molecule has 3 saturated heterocycles. The van der Waals surface area contributed by atoms with E-state index >= 15 is 0 Å². The van der Waals surface area contributed by atoms with Crippen molar-refractivity contribution in [3.63, 3.8) is 0 Å². The largest absolute Gasteiger partial charge is 0.382 e. The molecule has 0 aliphatic carbocycles. The van der Waals surface area contributed by atoms with Crippen molar-refractivity contribution in [2.24, 2.45) is 5.92 Å². The highest BCUT2D eigenvalue weighted by atomic mass is 16.5. The Morgan fingerprint density at radius 1 is 1.12 bits per heavy atom. The molecule has 4 rings (SSSR count). The van der Waals surface area contributed by atoms with E-state index in [-0.39, 0.29) is 12.5 Å². The molecule has 0 saturated carbocycles. The van der Waals surface area contributed by atoms with Crippen LogP contribution < -0.4 is 0 Å². The molecular weight excluding hydrogens is 304 g/mol. The van der Waals surface area contributed by atoms with Gasteiger partial charge in [-0.2, -0.15) is 0 Å². The lowest BCUT2D eigenvalue weighted by Gasteiger charge is -2.36. The van der Waals surface area contributed by atoms with E-state index in [1.54, 1.807) is 7.11 Å². The summed E-state index contributed by atoms with van der Waals surface area (Å²) in [6.07, 6.45) is 2.34. The molecule has 3 aliphatic rings. The first-order valence-corrected chi connectivity index (χ1v) is 8.88. The Bertz CT molecular complexity index is 523. The molecule has 0 unspecified atom stereocenters. The van der Waals surface area contributed by atoms with Gasteiger partial charge in [0, 0.05) is 39.3 Å². The van der Waals surface area contributed by atoms with E-state index in [9.17, 15) is 4.79 Å². The van der Waals surface area contributed by atoms with Crippen molar-refractivity contribution in [3.05, 3.63) is 35.9 Å². The first-order chi connectivity index (χ1) is 11.8. The number of hydrogen-bond acceptors (Lipinski definition) is 4. The number of amides is 1. The summed E-state index contributed by atoms with van der Waals surface area (Å²) in [5, 5.41) is 0. The standard InChI is InChI=1S/C19H28N2O3/c1-23-9-10-24-15-19(22)21-13-17-7-8-18(21)14-20(12-17)11-16-5-3-2-4-6-16/h2-6,17-18H,7-15H2,1H3/t17-,18+/m1/s1. The summed E-state index contributed by atoms with van der Waals surface area (Å²) < 4.78 is 10.4. The molecule has 0 aromatic heterocycles. The van der Waals surface area contributed by atoms with E-state index in [1.807, 2.05) is 0 Å². The third-order valence-electron chi connectivity index (χ3n) is 5.02. The molecule has 0 radical (unpaired) electrons. The number of nitrogens with zero attached hydrogens (tertiary/aromatic N) is 2. The fourth-order valence-electron chi connectivity index (χ4n) is 3.84. The maximum atomic E-state index is 12.5. The third-order valence-corrected chi connectivity index (χ3v) is 5.02. The number of fused-ring (bicyclic) bond motifs is 4. The Morgan fingerprint density at radius 3 is 2.75 bits per heavy atom. The van der Waals surface area contributed by atoms with Gasteiger partial charge in [-0.05, 0) is 24.3 Å². The zero-order chi connectivity index (χ0) is 16.8. The Morgan fingerprint density at radius 2 is 1.96 bits per heavy atom. The number of hydrogen-bond donors (Lipinski definition) is 0. The maximum absolute atomic E-state index is 12.5. The number of piperidine rings is 1. The van der Waals surface area contributed by atoms with Crippen LogP contribution in [0.2, 0.25) is 0 Å². The van der Waals surface area contributed by atoms with Crippen molar-refractivity contribution in [2.45, 2.75) is 25.4 Å². The normalized spacial score (nSPS) is 24.1. The summed E-state index contributed by atoms with van der Waals surface area (Å²) in [5.41, 5.74) is 1.35. The van der Waals surface area contributed by atoms with Gasteiger partial charge in [0.05, 0.1) is 13.2 Å². The first kappa shape index (κ1) is 17.4. The van der Waals surface area contributed by atoms with Crippen molar-refractivity contribution in [3.8, 4) is 0 Å². The van der Waals surface area contributed by atoms with Crippen molar-refractivity contribution >= 4 is 5.91 Å². The zero-order valence-electron chi connectivity index (χ0n) is 14.5. The fraction of sp³-hybridized carbons (Fsp3) is 0.632. The first-order valence-electron chi connectivity index (χ1n) is 8.88. The highest BCUT2D eigenvalue weighted by Gasteiger charge is 2.36. The molecular formula is C19H28N2O3. The summed E-state index contributed by atoms with van der Waals surface area (Å²) in [4.78, 5) is 17.1. The molecule has 3 fully saturated rings. The van der Waals surface area contributed by atoms with Crippen LogP contribution in [0.5, 0.6) is 0 Å².